The van der Waals surface area contributed by atoms with Gasteiger partial charge in [0.25, 0.3) is 0 Å². The van der Waals surface area contributed by atoms with E-state index in [1.807, 2.05) is 0 Å². The molecule has 0 amide bonds. The lowest BCUT2D eigenvalue weighted by Crippen LogP contribution is -2.48. The number of hydrogen-bond acceptors (Lipinski definition) is 3. The van der Waals surface area contributed by atoms with Crippen LogP contribution in [0.2, 0.25) is 0 Å². The van der Waals surface area contributed by atoms with E-state index in [4.69, 9.17) is 4.74 Å². The van der Waals surface area contributed by atoms with Gasteiger partial charge in [-0.2, -0.15) is 0 Å². The normalized spacial score (nSPS) is 34.4. The summed E-state index contributed by atoms with van der Waals surface area (Å²) in [6, 6.07) is 1.01. The number of carbonyl (C=O) groups is 1. The zero-order chi connectivity index (χ0) is 10.6. The molecule has 1 fully saturated rings. The van der Waals surface area contributed by atoms with Gasteiger partial charge in [-0.15, -0.1) is 0 Å². The largest absolute Gasteiger partial charge is 0.383 e. The third kappa shape index (κ3) is 2.79. The van der Waals surface area contributed by atoms with Gasteiger partial charge in [0.15, 0.2) is 0 Å². The van der Waals surface area contributed by atoms with Crippen molar-refractivity contribution in [3.63, 3.8) is 0 Å². The molecule has 1 saturated heterocycles. The molecule has 3 nitrogen and oxygen atoms in total. The Morgan fingerprint density at radius 1 is 1.36 bits per heavy atom. The first kappa shape index (κ1) is 11.7. The third-order valence-electron chi connectivity index (χ3n) is 3.17. The lowest BCUT2D eigenvalue weighted by atomic mass is 9.88. The fourth-order valence-corrected chi connectivity index (χ4v) is 2.43. The van der Waals surface area contributed by atoms with Crippen molar-refractivity contribution in [1.82, 2.24) is 4.90 Å². The number of piperidine rings is 1. The second kappa shape index (κ2) is 5.47. The number of aldehydes is 1. The average molecular weight is 199 g/mol. The summed E-state index contributed by atoms with van der Waals surface area (Å²) in [5.74, 6) is 0.263. The summed E-state index contributed by atoms with van der Waals surface area (Å²) >= 11 is 0. The molecule has 0 aromatic heterocycles. The summed E-state index contributed by atoms with van der Waals surface area (Å²) in [5, 5.41) is 0. The summed E-state index contributed by atoms with van der Waals surface area (Å²) in [4.78, 5) is 13.2. The molecule has 1 aliphatic rings. The van der Waals surface area contributed by atoms with Gasteiger partial charge >= 0.3 is 0 Å². The zero-order valence-corrected chi connectivity index (χ0v) is 9.40. The molecule has 0 aromatic rings. The quantitative estimate of drug-likeness (QED) is 0.640. The van der Waals surface area contributed by atoms with E-state index in [1.165, 1.54) is 0 Å². The molecule has 0 aromatic carbocycles. The molecular weight excluding hydrogens is 178 g/mol. The topological polar surface area (TPSA) is 29.5 Å². The zero-order valence-electron chi connectivity index (χ0n) is 9.40. The van der Waals surface area contributed by atoms with E-state index in [9.17, 15) is 4.79 Å². The van der Waals surface area contributed by atoms with E-state index in [0.717, 1.165) is 32.3 Å². The van der Waals surface area contributed by atoms with E-state index in [0.29, 0.717) is 12.1 Å². The van der Waals surface area contributed by atoms with Gasteiger partial charge in [-0.1, -0.05) is 0 Å². The van der Waals surface area contributed by atoms with Crippen LogP contribution in [-0.4, -0.2) is 43.5 Å². The molecule has 0 saturated carbocycles. The van der Waals surface area contributed by atoms with Gasteiger partial charge in [0.1, 0.15) is 6.29 Å². The van der Waals surface area contributed by atoms with Crippen molar-refractivity contribution in [3.05, 3.63) is 0 Å². The van der Waals surface area contributed by atoms with Crippen LogP contribution in [0.3, 0.4) is 0 Å². The van der Waals surface area contributed by atoms with Gasteiger partial charge in [-0.3, -0.25) is 4.90 Å². The van der Waals surface area contributed by atoms with Crippen LogP contribution in [0.1, 0.15) is 26.7 Å². The van der Waals surface area contributed by atoms with Gasteiger partial charge in [0, 0.05) is 31.7 Å². The maximum atomic E-state index is 10.7. The Morgan fingerprint density at radius 2 is 1.93 bits per heavy atom. The van der Waals surface area contributed by atoms with Crippen LogP contribution in [-0.2, 0) is 9.53 Å². The SMILES string of the molecule is COCCN1[C@@H](C)CC(C=O)C[C@@H]1C. The Bertz CT molecular complexity index is 172. The van der Waals surface area contributed by atoms with Crippen LogP contribution in [0.5, 0.6) is 0 Å². The van der Waals surface area contributed by atoms with Crippen LogP contribution in [0, 0.1) is 5.92 Å². The smallest absolute Gasteiger partial charge is 0.123 e. The standard InChI is InChI=1S/C11H21NO2/c1-9-6-11(8-13)7-10(2)12(9)4-5-14-3/h8-11H,4-7H2,1-3H3/t9-,10-/m0/s1. The minimum atomic E-state index is 0.263. The number of rotatable bonds is 4. The molecule has 1 rings (SSSR count). The second-order valence-corrected chi connectivity index (χ2v) is 4.30. The first-order valence-electron chi connectivity index (χ1n) is 5.39. The fraction of sp³-hybridized carbons (Fsp3) is 0.909. The molecule has 0 spiro atoms. The first-order valence-corrected chi connectivity index (χ1v) is 5.39. The summed E-state index contributed by atoms with van der Waals surface area (Å²) in [6.45, 7) is 6.15. The van der Waals surface area contributed by atoms with Gasteiger partial charge in [0.05, 0.1) is 6.61 Å². The summed E-state index contributed by atoms with van der Waals surface area (Å²) in [6.07, 6.45) is 3.11. The summed E-state index contributed by atoms with van der Waals surface area (Å²) in [5.41, 5.74) is 0. The van der Waals surface area contributed by atoms with Crippen molar-refractivity contribution < 1.29 is 9.53 Å². The molecular formula is C11H21NO2. The second-order valence-electron chi connectivity index (χ2n) is 4.30. The Balaban J connectivity index is 2.47. The van der Waals surface area contributed by atoms with Crippen molar-refractivity contribution in [2.75, 3.05) is 20.3 Å². The Labute approximate surface area is 86.4 Å². The molecule has 0 unspecified atom stereocenters. The number of likely N-dealkylation sites (tertiary alicyclic amines) is 1. The third-order valence-corrected chi connectivity index (χ3v) is 3.17. The molecule has 0 radical (unpaired) electrons. The minimum Gasteiger partial charge on any atom is -0.383 e. The van der Waals surface area contributed by atoms with E-state index in [2.05, 4.69) is 18.7 Å². The maximum Gasteiger partial charge on any atom is 0.123 e. The number of methoxy groups -OCH3 is 1. The maximum absolute atomic E-state index is 10.7. The van der Waals surface area contributed by atoms with Gasteiger partial charge in [-0.05, 0) is 26.7 Å². The minimum absolute atomic E-state index is 0.263. The molecule has 0 bridgehead atoms. The Morgan fingerprint density at radius 3 is 2.36 bits per heavy atom. The highest BCUT2D eigenvalue weighted by Crippen LogP contribution is 2.25. The molecule has 0 aliphatic carbocycles. The number of ether oxygens (including phenoxy) is 1. The lowest BCUT2D eigenvalue weighted by molar-refractivity contribution is -0.113. The Hall–Kier alpha value is -0.410. The molecule has 1 aliphatic heterocycles. The summed E-state index contributed by atoms with van der Waals surface area (Å²) in [7, 11) is 1.73. The van der Waals surface area contributed by atoms with Crippen LogP contribution in [0.15, 0.2) is 0 Å². The van der Waals surface area contributed by atoms with Crippen molar-refractivity contribution in [2.24, 2.45) is 5.92 Å². The highest BCUT2D eigenvalue weighted by molar-refractivity contribution is 5.53. The van der Waals surface area contributed by atoms with Crippen molar-refractivity contribution in [1.29, 1.82) is 0 Å². The highest BCUT2D eigenvalue weighted by atomic mass is 16.5. The molecule has 2 atom stereocenters. The Kier molecular flexibility index (Phi) is 4.55. The van der Waals surface area contributed by atoms with Crippen LogP contribution in [0.4, 0.5) is 0 Å². The first-order chi connectivity index (χ1) is 6.69. The predicted octanol–water partition coefficient (Wildman–Crippen LogP) is 1.32. The molecule has 82 valence electrons. The molecule has 0 N–H and O–H groups in total. The van der Waals surface area contributed by atoms with Crippen molar-refractivity contribution >= 4 is 6.29 Å². The van der Waals surface area contributed by atoms with Crippen LogP contribution in [0.25, 0.3) is 0 Å². The van der Waals surface area contributed by atoms with Crippen molar-refractivity contribution in [2.45, 2.75) is 38.8 Å². The van der Waals surface area contributed by atoms with Gasteiger partial charge < -0.3 is 9.53 Å². The lowest BCUT2D eigenvalue weighted by Gasteiger charge is -2.41. The number of nitrogens with zero attached hydrogens (tertiary/aromatic N) is 1. The molecule has 14 heavy (non-hydrogen) atoms. The van der Waals surface area contributed by atoms with Crippen LogP contribution >= 0.6 is 0 Å². The van der Waals surface area contributed by atoms with E-state index >= 15 is 0 Å². The van der Waals surface area contributed by atoms with Gasteiger partial charge in [0.2, 0.25) is 0 Å². The van der Waals surface area contributed by atoms with Gasteiger partial charge in [-0.25, -0.2) is 0 Å². The number of hydrogen-bond donors (Lipinski definition) is 0. The number of carbonyl (C=O) groups excluding carboxylic acids is 1. The predicted molar refractivity (Wildman–Crippen MR) is 56.3 cm³/mol. The molecule has 1 heterocycles. The monoisotopic (exact) mass is 199 g/mol. The fourth-order valence-electron chi connectivity index (χ4n) is 2.43. The molecule has 3 heteroatoms. The van der Waals surface area contributed by atoms with Crippen molar-refractivity contribution in [3.8, 4) is 0 Å². The van der Waals surface area contributed by atoms with E-state index in [1.54, 1.807) is 7.11 Å². The van der Waals surface area contributed by atoms with E-state index < -0.39 is 0 Å². The van der Waals surface area contributed by atoms with E-state index in [-0.39, 0.29) is 5.92 Å². The average Bonchev–Trinajstić information content (AvgIpc) is 2.16. The summed E-state index contributed by atoms with van der Waals surface area (Å²) < 4.78 is 5.08. The highest BCUT2D eigenvalue weighted by Gasteiger charge is 2.29. The van der Waals surface area contributed by atoms with Crippen LogP contribution < -0.4 is 0 Å².